The van der Waals surface area contributed by atoms with Gasteiger partial charge in [0.2, 0.25) is 0 Å². The second kappa shape index (κ2) is 7.02. The molecule has 2 aromatic rings. The molecule has 112 valence electrons. The maximum atomic E-state index is 13.9. The highest BCUT2D eigenvalue weighted by molar-refractivity contribution is 5.69. The van der Waals surface area contributed by atoms with E-state index in [-0.39, 0.29) is 11.6 Å². The first kappa shape index (κ1) is 15.2. The van der Waals surface area contributed by atoms with E-state index >= 15 is 0 Å². The number of methoxy groups -OCH3 is 1. The molecular formula is C16H20FN3O. The van der Waals surface area contributed by atoms with Crippen LogP contribution in [0, 0.1) is 5.82 Å². The summed E-state index contributed by atoms with van der Waals surface area (Å²) in [5, 5.41) is 3.24. The molecule has 1 heterocycles. The van der Waals surface area contributed by atoms with Gasteiger partial charge in [-0.05, 0) is 31.5 Å². The second-order valence-corrected chi connectivity index (χ2v) is 4.68. The molecule has 1 N–H and O–H groups in total. The Kier molecular flexibility index (Phi) is 5.09. The third kappa shape index (κ3) is 3.29. The number of nitrogens with zero attached hydrogens (tertiary/aromatic N) is 2. The van der Waals surface area contributed by atoms with Crippen molar-refractivity contribution >= 4 is 5.82 Å². The van der Waals surface area contributed by atoms with Gasteiger partial charge >= 0.3 is 0 Å². The van der Waals surface area contributed by atoms with Crippen molar-refractivity contribution in [2.75, 3.05) is 19.0 Å². The molecule has 0 atom stereocenters. The quantitative estimate of drug-likeness (QED) is 0.881. The van der Waals surface area contributed by atoms with Gasteiger partial charge < -0.3 is 10.1 Å². The van der Waals surface area contributed by atoms with Gasteiger partial charge in [-0.15, -0.1) is 0 Å². The van der Waals surface area contributed by atoms with Gasteiger partial charge in [-0.3, -0.25) is 0 Å². The summed E-state index contributed by atoms with van der Waals surface area (Å²) in [6.45, 7) is 4.90. The van der Waals surface area contributed by atoms with Crippen molar-refractivity contribution in [1.29, 1.82) is 0 Å². The zero-order valence-corrected chi connectivity index (χ0v) is 12.6. The lowest BCUT2D eigenvalue weighted by molar-refractivity contribution is 0.386. The smallest absolute Gasteiger partial charge is 0.165 e. The molecule has 0 aliphatic carbocycles. The van der Waals surface area contributed by atoms with E-state index in [2.05, 4.69) is 22.2 Å². The molecule has 4 nitrogen and oxygen atoms in total. The zero-order valence-electron chi connectivity index (χ0n) is 12.6. The number of rotatable bonds is 6. The van der Waals surface area contributed by atoms with Crippen LogP contribution in [0.4, 0.5) is 10.2 Å². The lowest BCUT2D eigenvalue weighted by Gasteiger charge is -2.13. The van der Waals surface area contributed by atoms with Crippen molar-refractivity contribution in [1.82, 2.24) is 9.97 Å². The number of hydrogen-bond acceptors (Lipinski definition) is 4. The van der Waals surface area contributed by atoms with Crippen LogP contribution in [0.5, 0.6) is 5.75 Å². The molecule has 2 rings (SSSR count). The van der Waals surface area contributed by atoms with Crippen LogP contribution in [0.3, 0.4) is 0 Å². The molecule has 0 fully saturated rings. The molecule has 5 heteroatoms. The summed E-state index contributed by atoms with van der Waals surface area (Å²) in [5.74, 6) is 0.665. The van der Waals surface area contributed by atoms with Gasteiger partial charge in [0.1, 0.15) is 12.1 Å². The van der Waals surface area contributed by atoms with Crippen LogP contribution in [-0.4, -0.2) is 23.6 Å². The molecule has 1 aromatic carbocycles. The normalized spacial score (nSPS) is 10.5. The summed E-state index contributed by atoms with van der Waals surface area (Å²) in [7, 11) is 1.45. The van der Waals surface area contributed by atoms with Crippen molar-refractivity contribution in [3.8, 4) is 17.0 Å². The number of aromatic nitrogens is 2. The van der Waals surface area contributed by atoms with E-state index in [9.17, 15) is 4.39 Å². The first-order chi connectivity index (χ1) is 10.2. The standard InChI is InChI=1S/C16H20FN3O/c1-4-6-12-15(19-10-20-16(12)18-5-2)11-7-8-14(21-3)13(17)9-11/h7-10H,4-6H2,1-3H3,(H,18,19,20). The lowest BCUT2D eigenvalue weighted by atomic mass is 10.0. The molecule has 0 saturated carbocycles. The van der Waals surface area contributed by atoms with E-state index in [1.165, 1.54) is 19.5 Å². The molecule has 0 saturated heterocycles. The molecule has 0 bridgehead atoms. The molecule has 21 heavy (non-hydrogen) atoms. The van der Waals surface area contributed by atoms with Crippen LogP contribution in [0.2, 0.25) is 0 Å². The summed E-state index contributed by atoms with van der Waals surface area (Å²) >= 11 is 0. The van der Waals surface area contributed by atoms with Crippen LogP contribution in [0.25, 0.3) is 11.3 Å². The predicted octanol–water partition coefficient (Wildman–Crippen LogP) is 3.68. The number of halogens is 1. The minimum atomic E-state index is -0.388. The Morgan fingerprint density at radius 2 is 2.05 bits per heavy atom. The van der Waals surface area contributed by atoms with Crippen LogP contribution >= 0.6 is 0 Å². The minimum absolute atomic E-state index is 0.233. The Morgan fingerprint density at radius 3 is 2.67 bits per heavy atom. The molecule has 0 radical (unpaired) electrons. The molecule has 0 amide bonds. The first-order valence-electron chi connectivity index (χ1n) is 7.12. The maximum absolute atomic E-state index is 13.9. The Morgan fingerprint density at radius 1 is 1.24 bits per heavy atom. The van der Waals surface area contributed by atoms with Gasteiger partial charge in [0.25, 0.3) is 0 Å². The predicted molar refractivity (Wildman–Crippen MR) is 82.1 cm³/mol. The van der Waals surface area contributed by atoms with Gasteiger partial charge in [-0.1, -0.05) is 13.3 Å². The molecular weight excluding hydrogens is 269 g/mol. The van der Waals surface area contributed by atoms with Crippen molar-refractivity contribution in [2.24, 2.45) is 0 Å². The van der Waals surface area contributed by atoms with E-state index < -0.39 is 0 Å². The summed E-state index contributed by atoms with van der Waals surface area (Å²) in [6, 6.07) is 4.89. The summed E-state index contributed by atoms with van der Waals surface area (Å²) < 4.78 is 18.9. The fraction of sp³-hybridized carbons (Fsp3) is 0.375. The van der Waals surface area contributed by atoms with Crippen molar-refractivity contribution in [2.45, 2.75) is 26.7 Å². The Labute approximate surface area is 124 Å². The second-order valence-electron chi connectivity index (χ2n) is 4.68. The van der Waals surface area contributed by atoms with E-state index in [0.717, 1.165) is 42.0 Å². The highest BCUT2D eigenvalue weighted by Crippen LogP contribution is 2.29. The number of anilines is 1. The summed E-state index contributed by atoms with van der Waals surface area (Å²) in [4.78, 5) is 8.64. The van der Waals surface area contributed by atoms with Gasteiger partial charge in [-0.2, -0.15) is 0 Å². The Bertz CT molecular complexity index is 616. The highest BCUT2D eigenvalue weighted by Gasteiger charge is 2.14. The fourth-order valence-corrected chi connectivity index (χ4v) is 2.28. The van der Waals surface area contributed by atoms with Crippen molar-refractivity contribution in [3.63, 3.8) is 0 Å². The molecule has 0 aliphatic rings. The minimum Gasteiger partial charge on any atom is -0.494 e. The lowest BCUT2D eigenvalue weighted by Crippen LogP contribution is -2.06. The van der Waals surface area contributed by atoms with Crippen LogP contribution in [-0.2, 0) is 6.42 Å². The molecule has 0 spiro atoms. The Balaban J connectivity index is 2.51. The Hall–Kier alpha value is -2.17. The summed E-state index contributed by atoms with van der Waals surface area (Å²) in [5.41, 5.74) is 2.52. The van der Waals surface area contributed by atoms with Crippen molar-refractivity contribution in [3.05, 3.63) is 35.9 Å². The number of ether oxygens (including phenoxy) is 1. The first-order valence-corrected chi connectivity index (χ1v) is 7.12. The molecule has 1 aromatic heterocycles. The fourth-order valence-electron chi connectivity index (χ4n) is 2.28. The van der Waals surface area contributed by atoms with Crippen LogP contribution in [0.15, 0.2) is 24.5 Å². The third-order valence-electron chi connectivity index (χ3n) is 3.21. The van der Waals surface area contributed by atoms with Gasteiger partial charge in [0, 0.05) is 17.7 Å². The van der Waals surface area contributed by atoms with Gasteiger partial charge in [-0.25, -0.2) is 14.4 Å². The van der Waals surface area contributed by atoms with E-state index in [1.807, 2.05) is 13.0 Å². The number of hydrogen-bond donors (Lipinski definition) is 1. The highest BCUT2D eigenvalue weighted by atomic mass is 19.1. The van der Waals surface area contributed by atoms with Gasteiger partial charge in [0.15, 0.2) is 11.6 Å². The average molecular weight is 289 g/mol. The van der Waals surface area contributed by atoms with E-state index in [0.29, 0.717) is 0 Å². The third-order valence-corrected chi connectivity index (χ3v) is 3.21. The van der Waals surface area contributed by atoms with E-state index in [1.54, 1.807) is 6.07 Å². The SMILES string of the molecule is CCCc1c(NCC)ncnc1-c1ccc(OC)c(F)c1. The van der Waals surface area contributed by atoms with Crippen LogP contribution in [0.1, 0.15) is 25.8 Å². The maximum Gasteiger partial charge on any atom is 0.165 e. The average Bonchev–Trinajstić information content (AvgIpc) is 2.49. The largest absolute Gasteiger partial charge is 0.494 e. The number of nitrogens with one attached hydrogen (secondary N) is 1. The molecule has 0 aliphatic heterocycles. The van der Waals surface area contributed by atoms with Crippen LogP contribution < -0.4 is 10.1 Å². The van der Waals surface area contributed by atoms with Crippen molar-refractivity contribution < 1.29 is 9.13 Å². The number of benzene rings is 1. The monoisotopic (exact) mass is 289 g/mol. The zero-order chi connectivity index (χ0) is 15.2. The summed E-state index contributed by atoms with van der Waals surface area (Å²) in [6.07, 6.45) is 3.32. The topological polar surface area (TPSA) is 47.0 Å². The van der Waals surface area contributed by atoms with Gasteiger partial charge in [0.05, 0.1) is 12.8 Å². The van der Waals surface area contributed by atoms with E-state index in [4.69, 9.17) is 4.74 Å². The molecule has 0 unspecified atom stereocenters.